The van der Waals surface area contributed by atoms with E-state index in [2.05, 4.69) is 17.0 Å². The molecule has 1 aliphatic rings. The standard InChI is InChI=1S/C25H25N3O2/c29-24(27-18-16-26(17-19-27)22-12-6-2-7-13-22)25(30)28(23-14-8-3-9-15-23)20-21-10-4-1-5-11-21/h1-15H,16-20H2. The molecule has 1 saturated heterocycles. The van der Waals surface area contributed by atoms with Gasteiger partial charge in [0.15, 0.2) is 0 Å². The first-order valence-electron chi connectivity index (χ1n) is 10.2. The Kier molecular flexibility index (Phi) is 6.09. The second-order valence-electron chi connectivity index (χ2n) is 7.33. The van der Waals surface area contributed by atoms with E-state index in [-0.39, 0.29) is 0 Å². The number of rotatable bonds is 4. The van der Waals surface area contributed by atoms with Crippen molar-refractivity contribution < 1.29 is 9.59 Å². The van der Waals surface area contributed by atoms with Crippen LogP contribution in [0.1, 0.15) is 5.56 Å². The molecule has 0 spiro atoms. The Morgan fingerprint density at radius 3 is 1.83 bits per heavy atom. The van der Waals surface area contributed by atoms with E-state index in [4.69, 9.17) is 0 Å². The molecule has 3 aromatic rings. The van der Waals surface area contributed by atoms with Gasteiger partial charge in [0.25, 0.3) is 0 Å². The van der Waals surface area contributed by atoms with Crippen LogP contribution in [0.4, 0.5) is 11.4 Å². The lowest BCUT2D eigenvalue weighted by molar-refractivity contribution is -0.144. The summed E-state index contributed by atoms with van der Waals surface area (Å²) in [6, 6.07) is 29.3. The van der Waals surface area contributed by atoms with Crippen LogP contribution in [0, 0.1) is 0 Å². The second-order valence-corrected chi connectivity index (χ2v) is 7.33. The number of amides is 2. The Hall–Kier alpha value is -3.60. The molecule has 0 aromatic heterocycles. The van der Waals surface area contributed by atoms with Crippen molar-refractivity contribution in [2.45, 2.75) is 6.54 Å². The Morgan fingerprint density at radius 1 is 0.700 bits per heavy atom. The number of anilines is 2. The summed E-state index contributed by atoms with van der Waals surface area (Å²) in [6.45, 7) is 2.86. The molecule has 0 aliphatic carbocycles. The van der Waals surface area contributed by atoms with Crippen LogP contribution in [-0.4, -0.2) is 42.9 Å². The number of carbonyl (C=O) groups excluding carboxylic acids is 2. The average Bonchev–Trinajstić information content (AvgIpc) is 2.83. The maximum absolute atomic E-state index is 13.2. The van der Waals surface area contributed by atoms with E-state index in [0.29, 0.717) is 32.7 Å². The fraction of sp³-hybridized carbons (Fsp3) is 0.200. The van der Waals surface area contributed by atoms with Crippen LogP contribution < -0.4 is 9.80 Å². The highest BCUT2D eigenvalue weighted by Gasteiger charge is 2.30. The highest BCUT2D eigenvalue weighted by molar-refractivity contribution is 6.40. The van der Waals surface area contributed by atoms with Crippen LogP contribution in [0.15, 0.2) is 91.0 Å². The van der Waals surface area contributed by atoms with Crippen LogP contribution >= 0.6 is 0 Å². The smallest absolute Gasteiger partial charge is 0.316 e. The molecule has 0 bridgehead atoms. The van der Waals surface area contributed by atoms with E-state index in [1.807, 2.05) is 78.9 Å². The first-order valence-corrected chi connectivity index (χ1v) is 10.2. The zero-order valence-electron chi connectivity index (χ0n) is 16.9. The van der Waals surface area contributed by atoms with E-state index in [0.717, 1.165) is 16.9 Å². The predicted molar refractivity (Wildman–Crippen MR) is 119 cm³/mol. The van der Waals surface area contributed by atoms with Gasteiger partial charge in [0.2, 0.25) is 0 Å². The average molecular weight is 399 g/mol. The molecule has 3 aromatic carbocycles. The molecule has 4 rings (SSSR count). The summed E-state index contributed by atoms with van der Waals surface area (Å²) in [5.41, 5.74) is 2.85. The molecule has 152 valence electrons. The Labute approximate surface area is 177 Å². The molecule has 0 unspecified atom stereocenters. The van der Waals surface area contributed by atoms with Gasteiger partial charge in [0, 0.05) is 37.6 Å². The summed E-state index contributed by atoms with van der Waals surface area (Å²) >= 11 is 0. The molecular weight excluding hydrogens is 374 g/mol. The largest absolute Gasteiger partial charge is 0.368 e. The van der Waals surface area contributed by atoms with Crippen LogP contribution in [0.25, 0.3) is 0 Å². The summed E-state index contributed by atoms with van der Waals surface area (Å²) in [7, 11) is 0. The van der Waals surface area contributed by atoms with Crippen molar-refractivity contribution in [2.24, 2.45) is 0 Å². The number of benzene rings is 3. The normalized spacial score (nSPS) is 13.7. The maximum Gasteiger partial charge on any atom is 0.316 e. The van der Waals surface area contributed by atoms with E-state index in [1.165, 1.54) is 0 Å². The Morgan fingerprint density at radius 2 is 1.23 bits per heavy atom. The van der Waals surface area contributed by atoms with Gasteiger partial charge in [-0.25, -0.2) is 0 Å². The highest BCUT2D eigenvalue weighted by atomic mass is 16.2. The molecule has 30 heavy (non-hydrogen) atoms. The van der Waals surface area contributed by atoms with Crippen molar-refractivity contribution in [3.8, 4) is 0 Å². The summed E-state index contributed by atoms with van der Waals surface area (Å²) in [6.07, 6.45) is 0. The Balaban J connectivity index is 1.47. The molecule has 1 fully saturated rings. The molecular formula is C25H25N3O2. The maximum atomic E-state index is 13.2. The third-order valence-electron chi connectivity index (χ3n) is 5.37. The molecule has 0 saturated carbocycles. The van der Waals surface area contributed by atoms with Crippen LogP contribution in [-0.2, 0) is 16.1 Å². The van der Waals surface area contributed by atoms with Crippen molar-refractivity contribution in [1.29, 1.82) is 0 Å². The third kappa shape index (κ3) is 4.51. The van der Waals surface area contributed by atoms with Gasteiger partial charge in [-0.2, -0.15) is 0 Å². The minimum atomic E-state index is -0.488. The predicted octanol–water partition coefficient (Wildman–Crippen LogP) is 3.57. The molecule has 1 heterocycles. The summed E-state index contributed by atoms with van der Waals surface area (Å²) in [5, 5.41) is 0. The van der Waals surface area contributed by atoms with Gasteiger partial charge in [0.1, 0.15) is 0 Å². The van der Waals surface area contributed by atoms with Gasteiger partial charge in [-0.05, 0) is 29.8 Å². The quantitative estimate of drug-likeness (QED) is 0.630. The zero-order chi connectivity index (χ0) is 20.8. The topological polar surface area (TPSA) is 43.9 Å². The molecule has 0 N–H and O–H groups in total. The molecule has 0 atom stereocenters. The van der Waals surface area contributed by atoms with Crippen molar-refractivity contribution >= 4 is 23.2 Å². The Bertz CT molecular complexity index is 969. The third-order valence-corrected chi connectivity index (χ3v) is 5.37. The summed E-state index contributed by atoms with van der Waals surface area (Å²) in [5.74, 6) is -0.930. The van der Waals surface area contributed by atoms with Gasteiger partial charge in [0.05, 0.1) is 6.54 Å². The molecule has 0 radical (unpaired) electrons. The number of para-hydroxylation sites is 2. The van der Waals surface area contributed by atoms with Gasteiger partial charge in [-0.3, -0.25) is 14.5 Å². The lowest BCUT2D eigenvalue weighted by Crippen LogP contribution is -2.53. The number of hydrogen-bond acceptors (Lipinski definition) is 3. The summed E-state index contributed by atoms with van der Waals surface area (Å²) in [4.78, 5) is 31.8. The molecule has 5 heteroatoms. The fourth-order valence-corrected chi connectivity index (χ4v) is 3.71. The summed E-state index contributed by atoms with van der Waals surface area (Å²) < 4.78 is 0. The van der Waals surface area contributed by atoms with Gasteiger partial charge >= 0.3 is 11.8 Å². The van der Waals surface area contributed by atoms with Crippen molar-refractivity contribution in [2.75, 3.05) is 36.0 Å². The zero-order valence-corrected chi connectivity index (χ0v) is 16.9. The molecule has 2 amide bonds. The number of piperazine rings is 1. The first kappa shape index (κ1) is 19.7. The number of nitrogens with zero attached hydrogens (tertiary/aromatic N) is 3. The lowest BCUT2D eigenvalue weighted by Gasteiger charge is -2.36. The van der Waals surface area contributed by atoms with E-state index < -0.39 is 11.8 Å². The molecule has 1 aliphatic heterocycles. The van der Waals surface area contributed by atoms with Gasteiger partial charge in [-0.1, -0.05) is 66.7 Å². The highest BCUT2D eigenvalue weighted by Crippen LogP contribution is 2.19. The number of hydrogen-bond donors (Lipinski definition) is 0. The van der Waals surface area contributed by atoms with Crippen molar-refractivity contribution in [1.82, 2.24) is 4.90 Å². The van der Waals surface area contributed by atoms with Gasteiger partial charge in [-0.15, -0.1) is 0 Å². The van der Waals surface area contributed by atoms with E-state index in [1.54, 1.807) is 9.80 Å². The van der Waals surface area contributed by atoms with Crippen molar-refractivity contribution in [3.63, 3.8) is 0 Å². The number of carbonyl (C=O) groups is 2. The minimum Gasteiger partial charge on any atom is -0.368 e. The van der Waals surface area contributed by atoms with Crippen LogP contribution in [0.5, 0.6) is 0 Å². The van der Waals surface area contributed by atoms with Crippen LogP contribution in [0.3, 0.4) is 0 Å². The SMILES string of the molecule is O=C(C(=O)N(Cc1ccccc1)c1ccccc1)N1CCN(c2ccccc2)CC1. The van der Waals surface area contributed by atoms with Gasteiger partial charge < -0.3 is 9.80 Å². The molecule has 5 nitrogen and oxygen atoms in total. The second kappa shape index (κ2) is 9.27. The van der Waals surface area contributed by atoms with E-state index >= 15 is 0 Å². The lowest BCUT2D eigenvalue weighted by atomic mass is 10.2. The fourth-order valence-electron chi connectivity index (χ4n) is 3.71. The van der Waals surface area contributed by atoms with Crippen LogP contribution in [0.2, 0.25) is 0 Å². The van der Waals surface area contributed by atoms with E-state index in [9.17, 15) is 9.59 Å². The monoisotopic (exact) mass is 399 g/mol. The first-order chi connectivity index (χ1) is 14.7. The van der Waals surface area contributed by atoms with Crippen molar-refractivity contribution in [3.05, 3.63) is 96.6 Å². The minimum absolute atomic E-state index is 0.361.